The standard InChI is InChI=1S/C48H46N4O/c1-30(2)40-29-53-46(50-40)33-23-32(31-15-9-8-10-16-31)24-35(25-33)51-42-20-14-12-18-38(42)48(6,7)39-27-37-36-17-11-13-19-41(36)52(43(37)28-44(39)51)45-26-34(21-22-49-45)47(3,4)5/h8-28,30,40H,29H2,1-7H3/t40-/m0/s1. The van der Waals surface area contributed by atoms with Crippen LogP contribution in [0, 0.1) is 5.92 Å². The second-order valence-corrected chi connectivity index (χ2v) is 16.6. The van der Waals surface area contributed by atoms with Gasteiger partial charge in [0.15, 0.2) is 0 Å². The summed E-state index contributed by atoms with van der Waals surface area (Å²) in [7, 11) is 0. The van der Waals surface area contributed by atoms with Crippen LogP contribution in [0.5, 0.6) is 0 Å². The molecule has 0 aliphatic carbocycles. The van der Waals surface area contributed by atoms with Crippen LogP contribution >= 0.6 is 0 Å². The first-order valence-corrected chi connectivity index (χ1v) is 18.8. The monoisotopic (exact) mass is 694 g/mol. The van der Waals surface area contributed by atoms with Crippen molar-refractivity contribution in [3.63, 3.8) is 0 Å². The number of hydrogen-bond donors (Lipinski definition) is 0. The number of ether oxygens (including phenoxy) is 1. The molecule has 0 spiro atoms. The first-order valence-electron chi connectivity index (χ1n) is 18.8. The number of aromatic nitrogens is 2. The summed E-state index contributed by atoms with van der Waals surface area (Å²) in [5.41, 5.74) is 12.5. The minimum Gasteiger partial charge on any atom is -0.475 e. The zero-order chi connectivity index (χ0) is 36.6. The Kier molecular flexibility index (Phi) is 7.63. The summed E-state index contributed by atoms with van der Waals surface area (Å²) in [5, 5.41) is 2.45. The van der Waals surface area contributed by atoms with Crippen molar-refractivity contribution in [2.24, 2.45) is 10.9 Å². The molecule has 0 saturated carbocycles. The van der Waals surface area contributed by atoms with Crippen molar-refractivity contribution < 1.29 is 4.74 Å². The normalized spacial score (nSPS) is 16.5. The third-order valence-corrected chi connectivity index (χ3v) is 11.3. The summed E-state index contributed by atoms with van der Waals surface area (Å²) >= 11 is 0. The lowest BCUT2D eigenvalue weighted by Gasteiger charge is -2.42. The van der Waals surface area contributed by atoms with Crippen LogP contribution in [0.15, 0.2) is 133 Å². The van der Waals surface area contributed by atoms with Gasteiger partial charge < -0.3 is 9.64 Å². The third-order valence-electron chi connectivity index (χ3n) is 11.3. The molecule has 7 aromatic rings. The third kappa shape index (κ3) is 5.44. The average Bonchev–Trinajstić information content (AvgIpc) is 3.78. The molecular formula is C48H46N4O. The Morgan fingerprint density at radius 2 is 1.43 bits per heavy atom. The van der Waals surface area contributed by atoms with Crippen molar-refractivity contribution in [3.05, 3.63) is 150 Å². The minimum absolute atomic E-state index is 0.00978. The van der Waals surface area contributed by atoms with Crippen LogP contribution in [0.25, 0.3) is 38.8 Å². The van der Waals surface area contributed by atoms with Crippen LogP contribution in [0.4, 0.5) is 17.1 Å². The van der Waals surface area contributed by atoms with Crippen LogP contribution in [-0.2, 0) is 15.6 Å². The molecule has 5 nitrogen and oxygen atoms in total. The molecule has 0 amide bonds. The van der Waals surface area contributed by atoms with Gasteiger partial charge in [-0.25, -0.2) is 9.98 Å². The molecular weight excluding hydrogens is 649 g/mol. The molecule has 0 saturated heterocycles. The summed E-state index contributed by atoms with van der Waals surface area (Å²) in [5.74, 6) is 2.05. The van der Waals surface area contributed by atoms with E-state index in [1.807, 2.05) is 6.20 Å². The van der Waals surface area contributed by atoms with E-state index in [1.165, 1.54) is 33.2 Å². The van der Waals surface area contributed by atoms with Crippen molar-refractivity contribution in [2.45, 2.75) is 65.3 Å². The quantitative estimate of drug-likeness (QED) is 0.180. The lowest BCUT2D eigenvalue weighted by atomic mass is 9.73. The molecule has 0 fully saturated rings. The number of anilines is 3. The SMILES string of the molecule is CC(C)[C@@H]1COC(c2cc(-c3ccccc3)cc(N3c4ccccc4C(C)(C)c4cc5c6ccccc6n(-c6cc(C(C)(C)C)ccn6)c5cc43)c2)=N1. The Morgan fingerprint density at radius 1 is 0.698 bits per heavy atom. The fraction of sp³-hybridized carbons (Fsp3) is 0.250. The van der Waals surface area contributed by atoms with E-state index in [0.29, 0.717) is 18.4 Å². The van der Waals surface area contributed by atoms with Crippen LogP contribution in [-0.4, -0.2) is 28.1 Å². The maximum Gasteiger partial charge on any atom is 0.216 e. The van der Waals surface area contributed by atoms with Crippen LogP contribution in [0.1, 0.15) is 70.7 Å². The lowest BCUT2D eigenvalue weighted by molar-refractivity contribution is 0.292. The van der Waals surface area contributed by atoms with Gasteiger partial charge in [-0.2, -0.15) is 0 Å². The van der Waals surface area contributed by atoms with Gasteiger partial charge in [-0.15, -0.1) is 0 Å². The average molecular weight is 695 g/mol. The number of benzene rings is 5. The van der Waals surface area contributed by atoms with E-state index in [2.05, 4.69) is 179 Å². The van der Waals surface area contributed by atoms with Gasteiger partial charge in [-0.05, 0) is 93.7 Å². The summed E-state index contributed by atoms with van der Waals surface area (Å²) in [6.07, 6.45) is 1.95. The molecule has 1 atom stereocenters. The fourth-order valence-corrected chi connectivity index (χ4v) is 8.24. The van der Waals surface area contributed by atoms with Crippen molar-refractivity contribution in [3.8, 4) is 16.9 Å². The number of fused-ring (bicyclic) bond motifs is 5. The van der Waals surface area contributed by atoms with E-state index in [9.17, 15) is 0 Å². The molecule has 4 heterocycles. The first kappa shape index (κ1) is 33.2. The van der Waals surface area contributed by atoms with Gasteiger partial charge in [0.25, 0.3) is 0 Å². The zero-order valence-corrected chi connectivity index (χ0v) is 31.7. The Labute approximate surface area is 312 Å². The summed E-state index contributed by atoms with van der Waals surface area (Å²) in [6.45, 7) is 16.5. The maximum absolute atomic E-state index is 6.33. The van der Waals surface area contributed by atoms with Gasteiger partial charge >= 0.3 is 0 Å². The second kappa shape index (κ2) is 12.2. The Morgan fingerprint density at radius 3 is 2.21 bits per heavy atom. The van der Waals surface area contributed by atoms with Crippen LogP contribution in [0.2, 0.25) is 0 Å². The van der Waals surface area contributed by atoms with Crippen molar-refractivity contribution in [1.82, 2.24) is 9.55 Å². The minimum atomic E-state index is -0.257. The number of nitrogens with zero attached hydrogens (tertiary/aromatic N) is 4. The predicted octanol–water partition coefficient (Wildman–Crippen LogP) is 12.1. The molecule has 0 N–H and O–H groups in total. The molecule has 0 bridgehead atoms. The molecule has 0 unspecified atom stereocenters. The Bertz CT molecular complexity index is 2570. The lowest BCUT2D eigenvalue weighted by Crippen LogP contribution is -2.30. The van der Waals surface area contributed by atoms with Gasteiger partial charge in [0, 0.05) is 33.6 Å². The first-order chi connectivity index (χ1) is 25.5. The molecule has 9 rings (SSSR count). The van der Waals surface area contributed by atoms with E-state index >= 15 is 0 Å². The van der Waals surface area contributed by atoms with Gasteiger partial charge in [-0.3, -0.25) is 4.57 Å². The van der Waals surface area contributed by atoms with E-state index in [-0.39, 0.29) is 16.9 Å². The summed E-state index contributed by atoms with van der Waals surface area (Å²) in [4.78, 5) is 12.5. The highest BCUT2D eigenvalue weighted by molar-refractivity contribution is 6.11. The molecule has 53 heavy (non-hydrogen) atoms. The van der Waals surface area contributed by atoms with Crippen LogP contribution in [0.3, 0.4) is 0 Å². The molecule has 2 aromatic heterocycles. The number of aliphatic imine (C=N–C) groups is 1. The van der Waals surface area contributed by atoms with E-state index < -0.39 is 0 Å². The number of pyridine rings is 1. The zero-order valence-electron chi connectivity index (χ0n) is 31.7. The fourth-order valence-electron chi connectivity index (χ4n) is 8.24. The topological polar surface area (TPSA) is 42.6 Å². The molecule has 2 aliphatic rings. The molecule has 2 aliphatic heterocycles. The van der Waals surface area contributed by atoms with Crippen molar-refractivity contribution in [1.29, 1.82) is 0 Å². The van der Waals surface area contributed by atoms with E-state index in [1.54, 1.807) is 0 Å². The smallest absolute Gasteiger partial charge is 0.216 e. The van der Waals surface area contributed by atoms with Gasteiger partial charge in [0.05, 0.1) is 28.5 Å². The highest BCUT2D eigenvalue weighted by atomic mass is 16.5. The van der Waals surface area contributed by atoms with E-state index in [4.69, 9.17) is 14.7 Å². The summed E-state index contributed by atoms with van der Waals surface area (Å²) < 4.78 is 8.68. The predicted molar refractivity (Wildman–Crippen MR) is 221 cm³/mol. The highest BCUT2D eigenvalue weighted by Gasteiger charge is 2.38. The highest BCUT2D eigenvalue weighted by Crippen LogP contribution is 2.54. The Balaban J connectivity index is 1.34. The van der Waals surface area contributed by atoms with Gasteiger partial charge in [0.2, 0.25) is 5.90 Å². The largest absolute Gasteiger partial charge is 0.475 e. The van der Waals surface area contributed by atoms with Gasteiger partial charge in [0.1, 0.15) is 12.4 Å². The van der Waals surface area contributed by atoms with Crippen LogP contribution < -0.4 is 4.90 Å². The molecule has 5 heteroatoms. The van der Waals surface area contributed by atoms with Crippen molar-refractivity contribution >= 4 is 44.8 Å². The van der Waals surface area contributed by atoms with E-state index in [0.717, 1.165) is 44.9 Å². The Hall–Kier alpha value is -5.68. The molecule has 264 valence electrons. The molecule has 5 aromatic carbocycles. The number of rotatable bonds is 5. The number of para-hydroxylation sites is 2. The van der Waals surface area contributed by atoms with Crippen molar-refractivity contribution in [2.75, 3.05) is 11.5 Å². The second-order valence-electron chi connectivity index (χ2n) is 16.6. The molecule has 0 radical (unpaired) electrons. The number of hydrogen-bond acceptors (Lipinski definition) is 4. The van der Waals surface area contributed by atoms with Gasteiger partial charge in [-0.1, -0.05) is 115 Å². The summed E-state index contributed by atoms with van der Waals surface area (Å²) in [6, 6.07) is 44.5. The maximum atomic E-state index is 6.33.